The van der Waals surface area contributed by atoms with Crippen molar-refractivity contribution in [2.24, 2.45) is 5.92 Å². The fourth-order valence-electron chi connectivity index (χ4n) is 2.61. The number of ether oxygens (including phenoxy) is 1. The van der Waals surface area contributed by atoms with Gasteiger partial charge in [0.2, 0.25) is 5.91 Å². The Hall–Kier alpha value is -1.86. The highest BCUT2D eigenvalue weighted by molar-refractivity contribution is 7.90. The zero-order valence-corrected chi connectivity index (χ0v) is 14.5. The first-order valence-electron chi connectivity index (χ1n) is 7.33. The van der Waals surface area contributed by atoms with E-state index in [1.807, 2.05) is 19.9 Å². The van der Waals surface area contributed by atoms with Gasteiger partial charge in [0.05, 0.1) is 12.0 Å². The third-order valence-corrected chi connectivity index (χ3v) is 5.09. The molecular formula is C16H22N2O4S. The monoisotopic (exact) mass is 338 g/mol. The van der Waals surface area contributed by atoms with Crippen LogP contribution in [0.25, 0.3) is 5.57 Å². The fourth-order valence-corrected chi connectivity index (χ4v) is 3.54. The minimum Gasteiger partial charge on any atom is -0.497 e. The predicted molar refractivity (Wildman–Crippen MR) is 88.6 cm³/mol. The molecule has 0 spiro atoms. The molecule has 1 aliphatic rings. The molecule has 6 nitrogen and oxygen atoms in total. The Morgan fingerprint density at radius 1 is 1.39 bits per heavy atom. The van der Waals surface area contributed by atoms with E-state index in [4.69, 9.17) is 4.74 Å². The summed E-state index contributed by atoms with van der Waals surface area (Å²) in [6.45, 7) is 3.83. The Bertz CT molecular complexity index is 740. The molecule has 0 radical (unpaired) electrons. The summed E-state index contributed by atoms with van der Waals surface area (Å²) in [6, 6.07) is 4.84. The summed E-state index contributed by atoms with van der Waals surface area (Å²) >= 11 is 0. The molecule has 1 aliphatic heterocycles. The van der Waals surface area contributed by atoms with Gasteiger partial charge in [0.15, 0.2) is 9.84 Å². The Morgan fingerprint density at radius 2 is 2.09 bits per heavy atom. The van der Waals surface area contributed by atoms with Gasteiger partial charge >= 0.3 is 0 Å². The van der Waals surface area contributed by atoms with Crippen LogP contribution < -0.4 is 15.6 Å². The molecule has 1 amide bonds. The van der Waals surface area contributed by atoms with E-state index in [0.717, 1.165) is 5.57 Å². The van der Waals surface area contributed by atoms with Crippen LogP contribution in [0.3, 0.4) is 0 Å². The first-order chi connectivity index (χ1) is 10.7. The lowest BCUT2D eigenvalue weighted by atomic mass is 9.93. The smallest absolute Gasteiger partial charge is 0.234 e. The molecule has 1 aromatic rings. The Morgan fingerprint density at radius 3 is 2.65 bits per heavy atom. The summed E-state index contributed by atoms with van der Waals surface area (Å²) in [5.74, 6) is 0.669. The van der Waals surface area contributed by atoms with Gasteiger partial charge in [-0.3, -0.25) is 10.2 Å². The third kappa shape index (κ3) is 4.11. The standard InChI is InChI=1S/C16H22N2O4S/c1-10(7-14-11(2)8-16(19)18-17-14)13-9-12(22-3)5-6-15(13)23(4,20)21/h5-7,9,11,14,17H,8H2,1-4H3,(H,18,19)/b10-7+. The normalized spacial score (nSPS) is 22.6. The van der Waals surface area contributed by atoms with Gasteiger partial charge in [-0.2, -0.15) is 0 Å². The number of rotatable bonds is 4. The number of methoxy groups -OCH3 is 1. The zero-order valence-electron chi connectivity index (χ0n) is 13.7. The predicted octanol–water partition coefficient (Wildman–Crippen LogP) is 1.53. The van der Waals surface area contributed by atoms with E-state index < -0.39 is 9.84 Å². The number of carbonyl (C=O) groups excluding carboxylic acids is 1. The summed E-state index contributed by atoms with van der Waals surface area (Å²) in [4.78, 5) is 11.6. The van der Waals surface area contributed by atoms with Crippen molar-refractivity contribution in [1.82, 2.24) is 10.9 Å². The lowest BCUT2D eigenvalue weighted by Gasteiger charge is -2.28. The summed E-state index contributed by atoms with van der Waals surface area (Å²) in [5.41, 5.74) is 6.98. The van der Waals surface area contributed by atoms with Crippen LogP contribution >= 0.6 is 0 Å². The highest BCUT2D eigenvalue weighted by Crippen LogP contribution is 2.29. The maximum absolute atomic E-state index is 12.0. The maximum Gasteiger partial charge on any atom is 0.234 e. The Labute approximate surface area is 136 Å². The molecule has 1 aromatic carbocycles. The molecular weight excluding hydrogens is 316 g/mol. The highest BCUT2D eigenvalue weighted by Gasteiger charge is 2.24. The minimum atomic E-state index is -3.35. The molecule has 2 N–H and O–H groups in total. The average molecular weight is 338 g/mol. The topological polar surface area (TPSA) is 84.5 Å². The number of hydrogen-bond acceptors (Lipinski definition) is 5. The Balaban J connectivity index is 2.43. The largest absolute Gasteiger partial charge is 0.497 e. The quantitative estimate of drug-likeness (QED) is 0.870. The number of benzene rings is 1. The van der Waals surface area contributed by atoms with Crippen LogP contribution in [0.4, 0.5) is 0 Å². The second-order valence-corrected chi connectivity index (χ2v) is 7.87. The van der Waals surface area contributed by atoms with Gasteiger partial charge in [-0.15, -0.1) is 0 Å². The van der Waals surface area contributed by atoms with E-state index in [-0.39, 0.29) is 22.8 Å². The van der Waals surface area contributed by atoms with Crippen molar-refractivity contribution in [3.63, 3.8) is 0 Å². The highest BCUT2D eigenvalue weighted by atomic mass is 32.2. The lowest BCUT2D eigenvalue weighted by Crippen LogP contribution is -2.52. The van der Waals surface area contributed by atoms with E-state index in [9.17, 15) is 13.2 Å². The molecule has 2 rings (SSSR count). The van der Waals surface area contributed by atoms with Gasteiger partial charge in [-0.1, -0.05) is 13.0 Å². The molecule has 2 unspecified atom stereocenters. The van der Waals surface area contributed by atoms with Crippen LogP contribution in [0, 0.1) is 5.92 Å². The molecule has 2 atom stereocenters. The third-order valence-electron chi connectivity index (χ3n) is 3.94. The maximum atomic E-state index is 12.0. The number of hydrazine groups is 1. The van der Waals surface area contributed by atoms with Gasteiger partial charge in [-0.05, 0) is 42.2 Å². The van der Waals surface area contributed by atoms with Crippen molar-refractivity contribution >= 4 is 21.3 Å². The van der Waals surface area contributed by atoms with Gasteiger partial charge in [0.25, 0.3) is 0 Å². The molecule has 0 bridgehead atoms. The number of nitrogens with one attached hydrogen (secondary N) is 2. The molecule has 23 heavy (non-hydrogen) atoms. The molecule has 1 heterocycles. The van der Waals surface area contributed by atoms with Crippen LogP contribution in [-0.4, -0.2) is 33.7 Å². The van der Waals surface area contributed by atoms with Crippen molar-refractivity contribution in [2.75, 3.05) is 13.4 Å². The average Bonchev–Trinajstić information content (AvgIpc) is 2.48. The van der Waals surface area contributed by atoms with Crippen molar-refractivity contribution in [1.29, 1.82) is 0 Å². The molecule has 0 aliphatic carbocycles. The van der Waals surface area contributed by atoms with Crippen molar-refractivity contribution in [2.45, 2.75) is 31.2 Å². The minimum absolute atomic E-state index is 0.0435. The van der Waals surface area contributed by atoms with E-state index in [1.54, 1.807) is 25.3 Å². The SMILES string of the molecule is COc1ccc(S(C)(=O)=O)c(/C(C)=C/C2NNC(=O)CC2C)c1. The van der Waals surface area contributed by atoms with E-state index in [2.05, 4.69) is 10.9 Å². The van der Waals surface area contributed by atoms with E-state index in [1.165, 1.54) is 6.26 Å². The zero-order chi connectivity index (χ0) is 17.2. The first-order valence-corrected chi connectivity index (χ1v) is 9.22. The number of allylic oxidation sites excluding steroid dienone is 1. The van der Waals surface area contributed by atoms with Crippen LogP contribution in [0.1, 0.15) is 25.8 Å². The number of amides is 1. The van der Waals surface area contributed by atoms with Crippen LogP contribution in [0.2, 0.25) is 0 Å². The Kier molecular flexibility index (Phi) is 5.11. The van der Waals surface area contributed by atoms with Crippen molar-refractivity contribution < 1.29 is 17.9 Å². The van der Waals surface area contributed by atoms with Gasteiger partial charge in [-0.25, -0.2) is 13.8 Å². The summed E-state index contributed by atoms with van der Waals surface area (Å²) in [5, 5.41) is 0. The van der Waals surface area contributed by atoms with Crippen molar-refractivity contribution in [3.8, 4) is 5.75 Å². The molecule has 1 saturated heterocycles. The molecule has 126 valence electrons. The first kappa shape index (κ1) is 17.5. The summed E-state index contributed by atoms with van der Waals surface area (Å²) < 4.78 is 29.2. The number of hydrogen-bond donors (Lipinski definition) is 2. The van der Waals surface area contributed by atoms with Crippen LogP contribution in [0.5, 0.6) is 5.75 Å². The second-order valence-electron chi connectivity index (χ2n) is 5.88. The number of carbonyl (C=O) groups is 1. The second kappa shape index (κ2) is 6.72. The lowest BCUT2D eigenvalue weighted by molar-refractivity contribution is -0.125. The fraction of sp³-hybridized carbons (Fsp3) is 0.438. The summed E-state index contributed by atoms with van der Waals surface area (Å²) in [6.07, 6.45) is 3.55. The molecule has 0 saturated carbocycles. The summed E-state index contributed by atoms with van der Waals surface area (Å²) in [7, 11) is -1.81. The van der Waals surface area contributed by atoms with Crippen LogP contribution in [-0.2, 0) is 14.6 Å². The van der Waals surface area contributed by atoms with Crippen molar-refractivity contribution in [3.05, 3.63) is 29.8 Å². The van der Waals surface area contributed by atoms with E-state index in [0.29, 0.717) is 17.7 Å². The molecule has 0 aromatic heterocycles. The van der Waals surface area contributed by atoms with Gasteiger partial charge in [0, 0.05) is 18.7 Å². The molecule has 7 heteroatoms. The van der Waals surface area contributed by atoms with Crippen LogP contribution in [0.15, 0.2) is 29.2 Å². The molecule has 1 fully saturated rings. The van der Waals surface area contributed by atoms with Gasteiger partial charge in [0.1, 0.15) is 5.75 Å². The number of sulfone groups is 1. The van der Waals surface area contributed by atoms with Gasteiger partial charge < -0.3 is 4.74 Å². The van der Waals surface area contributed by atoms with E-state index >= 15 is 0 Å².